The highest BCUT2D eigenvalue weighted by Crippen LogP contribution is 2.32. The fraction of sp³-hybridized carbons (Fsp3) is 0.143. The summed E-state index contributed by atoms with van der Waals surface area (Å²) in [4.78, 5) is 0. The molecule has 0 spiro atoms. The molecule has 2 nitrogen and oxygen atoms in total. The zero-order valence-electron chi connectivity index (χ0n) is 9.86. The van der Waals surface area contributed by atoms with Crippen molar-refractivity contribution in [3.8, 4) is 11.5 Å². The van der Waals surface area contributed by atoms with Crippen molar-refractivity contribution in [1.82, 2.24) is 0 Å². The van der Waals surface area contributed by atoms with E-state index in [0.717, 1.165) is 26.0 Å². The van der Waals surface area contributed by atoms with Gasteiger partial charge in [0.2, 0.25) is 0 Å². The lowest BCUT2D eigenvalue weighted by molar-refractivity contribution is 0.479. The molecule has 0 fully saturated rings. The molecule has 0 saturated carbocycles. The smallest absolute Gasteiger partial charge is 0.141 e. The third-order valence-corrected chi connectivity index (χ3v) is 3.87. The summed E-state index contributed by atoms with van der Waals surface area (Å²) in [5.74, 6) is 1.57. The summed E-state index contributed by atoms with van der Waals surface area (Å²) >= 11 is 6.96. The Labute approximate surface area is 123 Å². The third kappa shape index (κ3) is 3.13. The highest BCUT2D eigenvalue weighted by atomic mass is 79.9. The van der Waals surface area contributed by atoms with E-state index in [1.807, 2.05) is 49.4 Å². The van der Waals surface area contributed by atoms with Gasteiger partial charge in [-0.3, -0.25) is 0 Å². The van der Waals surface area contributed by atoms with Crippen LogP contribution in [0.1, 0.15) is 18.5 Å². The molecule has 0 unspecified atom stereocenters. The van der Waals surface area contributed by atoms with Crippen molar-refractivity contribution in [3.05, 3.63) is 57.0 Å². The molecule has 94 valence electrons. The van der Waals surface area contributed by atoms with Gasteiger partial charge in [-0.15, -0.1) is 0 Å². The number of hydrogen-bond acceptors (Lipinski definition) is 2. The monoisotopic (exact) mass is 369 g/mol. The van der Waals surface area contributed by atoms with E-state index in [-0.39, 0.29) is 6.04 Å². The van der Waals surface area contributed by atoms with Crippen molar-refractivity contribution in [2.75, 3.05) is 0 Å². The van der Waals surface area contributed by atoms with Gasteiger partial charge in [0.15, 0.2) is 0 Å². The van der Waals surface area contributed by atoms with E-state index < -0.39 is 0 Å². The van der Waals surface area contributed by atoms with Crippen LogP contribution >= 0.6 is 31.9 Å². The molecule has 0 aromatic heterocycles. The quantitative estimate of drug-likeness (QED) is 0.822. The van der Waals surface area contributed by atoms with Crippen LogP contribution < -0.4 is 10.5 Å². The van der Waals surface area contributed by atoms with Gasteiger partial charge in [-0.1, -0.05) is 34.1 Å². The van der Waals surface area contributed by atoms with Crippen LogP contribution in [0.4, 0.5) is 0 Å². The molecule has 0 bridgehead atoms. The van der Waals surface area contributed by atoms with E-state index in [9.17, 15) is 0 Å². The lowest BCUT2D eigenvalue weighted by Gasteiger charge is -2.12. The van der Waals surface area contributed by atoms with E-state index in [4.69, 9.17) is 10.5 Å². The van der Waals surface area contributed by atoms with Crippen molar-refractivity contribution >= 4 is 31.9 Å². The summed E-state index contributed by atoms with van der Waals surface area (Å²) in [6, 6.07) is 13.6. The predicted octanol–water partition coefficient (Wildman–Crippen LogP) is 5.02. The minimum atomic E-state index is -0.00288. The van der Waals surface area contributed by atoms with Gasteiger partial charge in [-0.25, -0.2) is 0 Å². The average molecular weight is 371 g/mol. The maximum atomic E-state index is 5.86. The van der Waals surface area contributed by atoms with Gasteiger partial charge in [-0.2, -0.15) is 0 Å². The summed E-state index contributed by atoms with van der Waals surface area (Å²) in [7, 11) is 0. The van der Waals surface area contributed by atoms with Crippen LogP contribution in [0.15, 0.2) is 51.4 Å². The van der Waals surface area contributed by atoms with E-state index in [1.54, 1.807) is 0 Å². The van der Waals surface area contributed by atoms with Gasteiger partial charge in [-0.05, 0) is 52.7 Å². The number of benzene rings is 2. The number of halogens is 2. The first-order valence-electron chi connectivity index (χ1n) is 5.55. The van der Waals surface area contributed by atoms with E-state index in [2.05, 4.69) is 31.9 Å². The Bertz CT molecular complexity index is 555. The summed E-state index contributed by atoms with van der Waals surface area (Å²) in [6.45, 7) is 1.95. The molecular formula is C14H13Br2NO. The number of rotatable bonds is 3. The van der Waals surface area contributed by atoms with Crippen molar-refractivity contribution in [2.24, 2.45) is 5.73 Å². The fourth-order valence-electron chi connectivity index (χ4n) is 1.60. The first-order chi connectivity index (χ1) is 8.58. The Kier molecular flexibility index (Phi) is 4.43. The zero-order chi connectivity index (χ0) is 13.1. The van der Waals surface area contributed by atoms with E-state index >= 15 is 0 Å². The second kappa shape index (κ2) is 5.87. The molecule has 0 heterocycles. The molecule has 0 aliphatic carbocycles. The number of nitrogens with two attached hydrogens (primary N) is 1. The van der Waals surface area contributed by atoms with Crippen LogP contribution in [-0.2, 0) is 0 Å². The largest absolute Gasteiger partial charge is 0.456 e. The van der Waals surface area contributed by atoms with Gasteiger partial charge in [0.05, 0.1) is 4.47 Å². The molecule has 2 rings (SSSR count). The molecule has 0 aliphatic rings. The summed E-state index contributed by atoms with van der Waals surface area (Å²) in [5, 5.41) is 0. The average Bonchev–Trinajstić information content (AvgIpc) is 2.32. The van der Waals surface area contributed by atoms with Gasteiger partial charge < -0.3 is 10.5 Å². The fourth-order valence-corrected chi connectivity index (χ4v) is 2.68. The first kappa shape index (κ1) is 13.6. The van der Waals surface area contributed by atoms with Crippen LogP contribution in [0.5, 0.6) is 11.5 Å². The van der Waals surface area contributed by atoms with Crippen molar-refractivity contribution in [1.29, 1.82) is 0 Å². The van der Waals surface area contributed by atoms with Gasteiger partial charge in [0, 0.05) is 10.5 Å². The molecule has 2 N–H and O–H groups in total. The molecule has 2 aromatic carbocycles. The normalized spacial score (nSPS) is 12.2. The number of para-hydroxylation sites is 1. The molecule has 0 radical (unpaired) electrons. The van der Waals surface area contributed by atoms with E-state index in [1.165, 1.54) is 0 Å². The molecule has 4 heteroatoms. The third-order valence-electron chi connectivity index (χ3n) is 2.53. The Balaban J connectivity index is 2.26. The van der Waals surface area contributed by atoms with Crippen LogP contribution in [0.3, 0.4) is 0 Å². The molecule has 2 aromatic rings. The lowest BCUT2D eigenvalue weighted by Crippen LogP contribution is -2.05. The van der Waals surface area contributed by atoms with Gasteiger partial charge >= 0.3 is 0 Å². The predicted molar refractivity (Wildman–Crippen MR) is 81.0 cm³/mol. The molecule has 1 atom stereocenters. The second-order valence-corrected chi connectivity index (χ2v) is 5.71. The Morgan fingerprint density at radius 1 is 1.06 bits per heavy atom. The topological polar surface area (TPSA) is 35.2 Å². The summed E-state index contributed by atoms with van der Waals surface area (Å²) < 4.78 is 7.70. The first-order valence-corrected chi connectivity index (χ1v) is 7.14. The lowest BCUT2D eigenvalue weighted by atomic mass is 10.1. The number of ether oxygens (including phenoxy) is 1. The van der Waals surface area contributed by atoms with Crippen molar-refractivity contribution in [3.63, 3.8) is 0 Å². The highest BCUT2D eigenvalue weighted by molar-refractivity contribution is 9.10. The van der Waals surface area contributed by atoms with Crippen molar-refractivity contribution < 1.29 is 4.74 Å². The van der Waals surface area contributed by atoms with Crippen LogP contribution in [0.2, 0.25) is 0 Å². The minimum Gasteiger partial charge on any atom is -0.456 e. The Morgan fingerprint density at radius 2 is 1.78 bits per heavy atom. The molecule has 0 saturated heterocycles. The Morgan fingerprint density at radius 3 is 2.39 bits per heavy atom. The van der Waals surface area contributed by atoms with Crippen LogP contribution in [0.25, 0.3) is 0 Å². The maximum absolute atomic E-state index is 5.86. The molecule has 18 heavy (non-hydrogen) atoms. The van der Waals surface area contributed by atoms with Gasteiger partial charge in [0.1, 0.15) is 11.5 Å². The second-order valence-electron chi connectivity index (χ2n) is 4.00. The molecular weight excluding hydrogens is 358 g/mol. The van der Waals surface area contributed by atoms with Crippen molar-refractivity contribution in [2.45, 2.75) is 13.0 Å². The summed E-state index contributed by atoms with van der Waals surface area (Å²) in [6.07, 6.45) is 0. The SMILES string of the molecule is C[C@H](N)c1ccc(Oc2ccccc2Br)cc1Br. The standard InChI is InChI=1S/C14H13Br2NO/c1-9(17)11-7-6-10(8-13(11)16)18-14-5-3-2-4-12(14)15/h2-9H,17H2,1H3/t9-/m0/s1. The minimum absolute atomic E-state index is 0.00288. The van der Waals surface area contributed by atoms with Gasteiger partial charge in [0.25, 0.3) is 0 Å². The summed E-state index contributed by atoms with van der Waals surface area (Å²) in [5.41, 5.74) is 6.93. The van der Waals surface area contributed by atoms with E-state index in [0.29, 0.717) is 0 Å². The molecule has 0 aliphatic heterocycles. The zero-order valence-corrected chi connectivity index (χ0v) is 13.0. The molecule has 0 amide bonds. The van der Waals surface area contributed by atoms with Crippen LogP contribution in [0, 0.1) is 0 Å². The Hall–Kier alpha value is -0.840. The van der Waals surface area contributed by atoms with Crippen LogP contribution in [-0.4, -0.2) is 0 Å². The number of hydrogen-bond donors (Lipinski definition) is 1. The maximum Gasteiger partial charge on any atom is 0.141 e. The highest BCUT2D eigenvalue weighted by Gasteiger charge is 2.07.